The van der Waals surface area contributed by atoms with E-state index in [2.05, 4.69) is 10.3 Å². The van der Waals surface area contributed by atoms with E-state index in [-0.39, 0.29) is 11.7 Å². The molecule has 64 valence electrons. The molecule has 4 heteroatoms. The first-order valence-corrected chi connectivity index (χ1v) is 3.63. The summed E-state index contributed by atoms with van der Waals surface area (Å²) in [6.45, 7) is 1.72. The Balaban J connectivity index is 2.69. The zero-order chi connectivity index (χ0) is 8.97. The fraction of sp³-hybridized carbons (Fsp3) is 0.250. The summed E-state index contributed by atoms with van der Waals surface area (Å²) in [7, 11) is 0. The van der Waals surface area contributed by atoms with Crippen LogP contribution in [-0.4, -0.2) is 10.9 Å². The zero-order valence-electron chi connectivity index (χ0n) is 6.67. The van der Waals surface area contributed by atoms with Crippen molar-refractivity contribution in [1.29, 1.82) is 0 Å². The molecule has 0 atom stereocenters. The number of carbonyl (C=O) groups excluding carboxylic acids is 1. The van der Waals surface area contributed by atoms with E-state index in [0.29, 0.717) is 6.42 Å². The van der Waals surface area contributed by atoms with Crippen LogP contribution in [0.2, 0.25) is 0 Å². The van der Waals surface area contributed by atoms with Crippen molar-refractivity contribution < 1.29 is 9.18 Å². The largest absolute Gasteiger partial charge is 0.311 e. The van der Waals surface area contributed by atoms with E-state index in [1.165, 1.54) is 18.3 Å². The van der Waals surface area contributed by atoms with E-state index in [0.717, 1.165) is 0 Å². The van der Waals surface area contributed by atoms with Gasteiger partial charge in [-0.3, -0.25) is 4.79 Å². The summed E-state index contributed by atoms with van der Waals surface area (Å²) in [5.41, 5.74) is 0. The van der Waals surface area contributed by atoms with Crippen molar-refractivity contribution in [3.05, 3.63) is 24.1 Å². The molecule has 0 unspecified atom stereocenters. The molecule has 0 spiro atoms. The summed E-state index contributed by atoms with van der Waals surface area (Å²) >= 11 is 0. The minimum absolute atomic E-state index is 0.173. The first-order chi connectivity index (χ1) is 5.72. The van der Waals surface area contributed by atoms with Crippen molar-refractivity contribution in [1.82, 2.24) is 4.98 Å². The number of nitrogens with zero attached hydrogens (tertiary/aromatic N) is 1. The molecule has 0 aliphatic carbocycles. The Bertz CT molecular complexity index is 288. The van der Waals surface area contributed by atoms with Crippen molar-refractivity contribution in [2.45, 2.75) is 13.3 Å². The molecule has 12 heavy (non-hydrogen) atoms. The van der Waals surface area contributed by atoms with Gasteiger partial charge >= 0.3 is 0 Å². The quantitative estimate of drug-likeness (QED) is 0.728. The molecule has 1 aromatic heterocycles. The Morgan fingerprint density at radius 3 is 3.08 bits per heavy atom. The molecule has 0 aliphatic heterocycles. The van der Waals surface area contributed by atoms with E-state index >= 15 is 0 Å². The number of nitrogens with one attached hydrogen (secondary N) is 1. The van der Waals surface area contributed by atoms with Crippen molar-refractivity contribution >= 4 is 11.7 Å². The standard InChI is InChI=1S/C8H9FN2O/c1-2-8(12)11-7-5-6(9)3-4-10-7/h3-5H,2H2,1H3,(H,10,11,12). The van der Waals surface area contributed by atoms with Gasteiger partial charge in [-0.15, -0.1) is 0 Å². The lowest BCUT2D eigenvalue weighted by Gasteiger charge is -2.00. The Morgan fingerprint density at radius 1 is 1.75 bits per heavy atom. The third kappa shape index (κ3) is 2.30. The maximum atomic E-state index is 12.5. The summed E-state index contributed by atoms with van der Waals surface area (Å²) in [5.74, 6) is -0.327. The maximum Gasteiger partial charge on any atom is 0.225 e. The van der Waals surface area contributed by atoms with Gasteiger partial charge in [0.25, 0.3) is 0 Å². The first-order valence-electron chi connectivity index (χ1n) is 3.63. The van der Waals surface area contributed by atoms with Crippen molar-refractivity contribution in [2.75, 3.05) is 5.32 Å². The Hall–Kier alpha value is -1.45. The molecule has 0 bridgehead atoms. The van der Waals surface area contributed by atoms with E-state index in [1.807, 2.05) is 0 Å². The summed E-state index contributed by atoms with van der Waals surface area (Å²) in [5, 5.41) is 2.44. The van der Waals surface area contributed by atoms with Crippen LogP contribution in [0.25, 0.3) is 0 Å². The minimum atomic E-state index is -0.406. The highest BCUT2D eigenvalue weighted by Crippen LogP contribution is 2.04. The molecule has 0 saturated carbocycles. The number of pyridine rings is 1. The van der Waals surface area contributed by atoms with Crippen LogP contribution in [0.4, 0.5) is 10.2 Å². The number of carbonyl (C=O) groups is 1. The highest BCUT2D eigenvalue weighted by Gasteiger charge is 1.99. The highest BCUT2D eigenvalue weighted by molar-refractivity contribution is 5.89. The van der Waals surface area contributed by atoms with Gasteiger partial charge < -0.3 is 5.32 Å². The minimum Gasteiger partial charge on any atom is -0.311 e. The van der Waals surface area contributed by atoms with E-state index in [4.69, 9.17) is 0 Å². The average molecular weight is 168 g/mol. The van der Waals surface area contributed by atoms with Gasteiger partial charge in [-0.05, 0) is 6.07 Å². The van der Waals surface area contributed by atoms with Gasteiger partial charge in [-0.2, -0.15) is 0 Å². The lowest BCUT2D eigenvalue weighted by atomic mass is 10.4. The Morgan fingerprint density at radius 2 is 2.50 bits per heavy atom. The van der Waals surface area contributed by atoms with Gasteiger partial charge in [0.2, 0.25) is 5.91 Å². The van der Waals surface area contributed by atoms with Gasteiger partial charge in [-0.1, -0.05) is 6.92 Å². The SMILES string of the molecule is CCC(=O)Nc1cc(F)ccn1. The molecular formula is C8H9FN2O. The number of amides is 1. The number of hydrogen-bond acceptors (Lipinski definition) is 2. The predicted octanol–water partition coefficient (Wildman–Crippen LogP) is 1.57. The summed E-state index contributed by atoms with van der Waals surface area (Å²) < 4.78 is 12.5. The molecule has 0 radical (unpaired) electrons. The third-order valence-corrected chi connectivity index (χ3v) is 1.31. The number of halogens is 1. The average Bonchev–Trinajstić information content (AvgIpc) is 2.04. The highest BCUT2D eigenvalue weighted by atomic mass is 19.1. The molecule has 1 aromatic rings. The Labute approximate surface area is 69.6 Å². The topological polar surface area (TPSA) is 42.0 Å². The van der Waals surface area contributed by atoms with E-state index in [1.54, 1.807) is 6.92 Å². The number of hydrogen-bond donors (Lipinski definition) is 1. The van der Waals surface area contributed by atoms with Gasteiger partial charge in [0.15, 0.2) is 0 Å². The second-order valence-electron chi connectivity index (χ2n) is 2.26. The van der Waals surface area contributed by atoms with Crippen LogP contribution in [0.1, 0.15) is 13.3 Å². The lowest BCUT2D eigenvalue weighted by molar-refractivity contribution is -0.115. The summed E-state index contributed by atoms with van der Waals surface area (Å²) in [6, 6.07) is 2.40. The van der Waals surface area contributed by atoms with E-state index in [9.17, 15) is 9.18 Å². The maximum absolute atomic E-state index is 12.5. The number of aromatic nitrogens is 1. The molecule has 1 heterocycles. The normalized spacial score (nSPS) is 9.50. The fourth-order valence-electron chi connectivity index (χ4n) is 0.704. The molecule has 0 aromatic carbocycles. The lowest BCUT2D eigenvalue weighted by Crippen LogP contribution is -2.10. The number of anilines is 1. The van der Waals surface area contributed by atoms with Crippen LogP contribution < -0.4 is 5.32 Å². The molecule has 0 aliphatic rings. The second-order valence-corrected chi connectivity index (χ2v) is 2.26. The number of rotatable bonds is 2. The van der Waals surface area contributed by atoms with Crippen LogP contribution in [0.15, 0.2) is 18.3 Å². The van der Waals surface area contributed by atoms with Gasteiger partial charge in [0.1, 0.15) is 11.6 Å². The van der Waals surface area contributed by atoms with Crippen LogP contribution in [0, 0.1) is 5.82 Å². The van der Waals surface area contributed by atoms with Crippen LogP contribution in [0.3, 0.4) is 0 Å². The van der Waals surface area contributed by atoms with Gasteiger partial charge in [0.05, 0.1) is 0 Å². The fourth-order valence-corrected chi connectivity index (χ4v) is 0.704. The van der Waals surface area contributed by atoms with Crippen LogP contribution in [-0.2, 0) is 4.79 Å². The molecule has 1 rings (SSSR count). The smallest absolute Gasteiger partial charge is 0.225 e. The predicted molar refractivity (Wildman–Crippen MR) is 43.1 cm³/mol. The third-order valence-electron chi connectivity index (χ3n) is 1.31. The van der Waals surface area contributed by atoms with Gasteiger partial charge in [-0.25, -0.2) is 9.37 Å². The summed E-state index contributed by atoms with van der Waals surface area (Å²) in [6.07, 6.45) is 1.67. The first kappa shape index (κ1) is 8.64. The molecule has 1 N–H and O–H groups in total. The molecule has 1 amide bonds. The van der Waals surface area contributed by atoms with Crippen molar-refractivity contribution in [3.63, 3.8) is 0 Å². The van der Waals surface area contributed by atoms with Crippen LogP contribution in [0.5, 0.6) is 0 Å². The molecule has 0 saturated heterocycles. The van der Waals surface area contributed by atoms with Crippen LogP contribution >= 0.6 is 0 Å². The second kappa shape index (κ2) is 3.80. The molecular weight excluding hydrogens is 159 g/mol. The molecule has 0 fully saturated rings. The Kier molecular flexibility index (Phi) is 2.74. The monoisotopic (exact) mass is 168 g/mol. The van der Waals surface area contributed by atoms with E-state index < -0.39 is 5.82 Å². The van der Waals surface area contributed by atoms with Crippen molar-refractivity contribution in [2.24, 2.45) is 0 Å². The van der Waals surface area contributed by atoms with Gasteiger partial charge in [0, 0.05) is 18.7 Å². The molecule has 3 nitrogen and oxygen atoms in total. The van der Waals surface area contributed by atoms with Crippen molar-refractivity contribution in [3.8, 4) is 0 Å². The summed E-state index contributed by atoms with van der Waals surface area (Å²) in [4.78, 5) is 14.6. The zero-order valence-corrected chi connectivity index (χ0v) is 6.67.